The molecule has 1 saturated heterocycles. The van der Waals surface area contributed by atoms with Crippen LogP contribution in [0.15, 0.2) is 29.2 Å². The van der Waals surface area contributed by atoms with E-state index in [4.69, 9.17) is 0 Å². The van der Waals surface area contributed by atoms with Crippen LogP contribution in [-0.2, 0) is 16.4 Å². The molecule has 0 N–H and O–H groups in total. The molecule has 1 aromatic carbocycles. The van der Waals surface area contributed by atoms with E-state index in [1.165, 1.54) is 5.56 Å². The van der Waals surface area contributed by atoms with Crippen LogP contribution in [0, 0.1) is 0 Å². The molecule has 0 saturated carbocycles. The van der Waals surface area contributed by atoms with Gasteiger partial charge in [-0.3, -0.25) is 0 Å². The van der Waals surface area contributed by atoms with Crippen molar-refractivity contribution in [2.45, 2.75) is 63.4 Å². The Kier molecular flexibility index (Phi) is 4.31. The molecule has 1 aromatic rings. The summed E-state index contributed by atoms with van der Waals surface area (Å²) in [6.07, 6.45) is 3.95. The second-order valence-electron chi connectivity index (χ2n) is 5.46. The quantitative estimate of drug-likeness (QED) is 0.853. The van der Waals surface area contributed by atoms with E-state index in [1.807, 2.05) is 26.0 Å². The normalized spacial score (nSPS) is 25.4. The second kappa shape index (κ2) is 5.63. The Balaban J connectivity index is 2.34. The average Bonchev–Trinajstić information content (AvgIpc) is 2.38. The van der Waals surface area contributed by atoms with E-state index in [-0.39, 0.29) is 12.1 Å². The summed E-state index contributed by atoms with van der Waals surface area (Å²) < 4.78 is 27.2. The zero-order chi connectivity index (χ0) is 14.0. The third-order valence-electron chi connectivity index (χ3n) is 4.02. The Morgan fingerprint density at radius 1 is 1.11 bits per heavy atom. The molecule has 3 nitrogen and oxygen atoms in total. The molecule has 0 aliphatic carbocycles. The zero-order valence-corrected chi connectivity index (χ0v) is 12.8. The van der Waals surface area contributed by atoms with Crippen LogP contribution >= 0.6 is 0 Å². The SMILES string of the molecule is CCc1ccc(S(=O)(=O)N2[C@H](C)CCC[C@@H]2C)cc1. The Labute approximate surface area is 116 Å². The van der Waals surface area contributed by atoms with Crippen LogP contribution in [0.5, 0.6) is 0 Å². The Morgan fingerprint density at radius 3 is 2.11 bits per heavy atom. The first-order valence-corrected chi connectivity index (χ1v) is 8.53. The van der Waals surface area contributed by atoms with Gasteiger partial charge < -0.3 is 0 Å². The van der Waals surface area contributed by atoms with Gasteiger partial charge in [-0.2, -0.15) is 4.31 Å². The van der Waals surface area contributed by atoms with E-state index >= 15 is 0 Å². The monoisotopic (exact) mass is 281 g/mol. The lowest BCUT2D eigenvalue weighted by atomic mass is 10.0. The highest BCUT2D eigenvalue weighted by molar-refractivity contribution is 7.89. The summed E-state index contributed by atoms with van der Waals surface area (Å²) in [6, 6.07) is 7.49. The van der Waals surface area contributed by atoms with Gasteiger partial charge in [-0.1, -0.05) is 25.5 Å². The second-order valence-corrected chi connectivity index (χ2v) is 7.30. The molecule has 1 aliphatic rings. The van der Waals surface area contributed by atoms with Crippen molar-refractivity contribution in [3.8, 4) is 0 Å². The Bertz CT molecular complexity index is 512. The lowest BCUT2D eigenvalue weighted by molar-refractivity contribution is 0.204. The van der Waals surface area contributed by atoms with Crippen molar-refractivity contribution in [1.82, 2.24) is 4.31 Å². The standard InChI is InChI=1S/C15H23NO2S/c1-4-14-8-10-15(11-9-14)19(17,18)16-12(2)6-5-7-13(16)3/h8-13H,4-7H2,1-3H3/t12-,13+. The van der Waals surface area contributed by atoms with Gasteiger partial charge in [-0.05, 0) is 50.8 Å². The topological polar surface area (TPSA) is 37.4 Å². The molecule has 0 unspecified atom stereocenters. The first kappa shape index (κ1) is 14.5. The lowest BCUT2D eigenvalue weighted by Gasteiger charge is -2.37. The van der Waals surface area contributed by atoms with Crippen molar-refractivity contribution in [2.75, 3.05) is 0 Å². The van der Waals surface area contributed by atoms with Crippen molar-refractivity contribution in [3.63, 3.8) is 0 Å². The van der Waals surface area contributed by atoms with Gasteiger partial charge in [0.2, 0.25) is 10.0 Å². The largest absolute Gasteiger partial charge is 0.243 e. The van der Waals surface area contributed by atoms with E-state index in [2.05, 4.69) is 6.92 Å². The van der Waals surface area contributed by atoms with Crippen molar-refractivity contribution in [2.24, 2.45) is 0 Å². The average molecular weight is 281 g/mol. The van der Waals surface area contributed by atoms with Crippen LogP contribution in [0.1, 0.15) is 45.6 Å². The van der Waals surface area contributed by atoms with Gasteiger partial charge in [-0.15, -0.1) is 0 Å². The van der Waals surface area contributed by atoms with Crippen LogP contribution in [0.2, 0.25) is 0 Å². The molecule has 1 aliphatic heterocycles. The maximum Gasteiger partial charge on any atom is 0.243 e. The predicted octanol–water partition coefficient (Wildman–Crippen LogP) is 3.20. The van der Waals surface area contributed by atoms with Gasteiger partial charge in [0.05, 0.1) is 4.90 Å². The number of benzene rings is 1. The molecule has 0 spiro atoms. The van der Waals surface area contributed by atoms with E-state index < -0.39 is 10.0 Å². The lowest BCUT2D eigenvalue weighted by Crippen LogP contribution is -2.47. The molecule has 106 valence electrons. The summed E-state index contributed by atoms with van der Waals surface area (Å²) in [7, 11) is -3.35. The van der Waals surface area contributed by atoms with Gasteiger partial charge in [0.25, 0.3) is 0 Å². The minimum Gasteiger partial charge on any atom is -0.207 e. The summed E-state index contributed by atoms with van der Waals surface area (Å²) in [6.45, 7) is 6.08. The maximum absolute atomic E-state index is 12.7. The fourth-order valence-corrected chi connectivity index (χ4v) is 4.77. The summed E-state index contributed by atoms with van der Waals surface area (Å²) in [5.74, 6) is 0. The number of hydrogen-bond acceptors (Lipinski definition) is 2. The summed E-state index contributed by atoms with van der Waals surface area (Å²) in [5.41, 5.74) is 1.17. The van der Waals surface area contributed by atoms with Gasteiger partial charge in [0.15, 0.2) is 0 Å². The highest BCUT2D eigenvalue weighted by Crippen LogP contribution is 2.29. The molecule has 1 fully saturated rings. The van der Waals surface area contributed by atoms with Gasteiger partial charge in [-0.25, -0.2) is 8.42 Å². The third kappa shape index (κ3) is 2.84. The van der Waals surface area contributed by atoms with Gasteiger partial charge in [0.1, 0.15) is 0 Å². The highest BCUT2D eigenvalue weighted by Gasteiger charge is 2.35. The fourth-order valence-electron chi connectivity index (χ4n) is 2.89. The number of aryl methyl sites for hydroxylation is 1. The van der Waals surface area contributed by atoms with Crippen LogP contribution in [0.4, 0.5) is 0 Å². The first-order valence-electron chi connectivity index (χ1n) is 7.09. The summed E-state index contributed by atoms with van der Waals surface area (Å²) in [5, 5.41) is 0. The maximum atomic E-state index is 12.7. The van der Waals surface area contributed by atoms with Crippen LogP contribution in [-0.4, -0.2) is 24.8 Å². The zero-order valence-electron chi connectivity index (χ0n) is 12.0. The first-order chi connectivity index (χ1) is 8.96. The van der Waals surface area contributed by atoms with Crippen molar-refractivity contribution >= 4 is 10.0 Å². The van der Waals surface area contributed by atoms with Crippen molar-refractivity contribution in [1.29, 1.82) is 0 Å². The predicted molar refractivity (Wildman–Crippen MR) is 77.6 cm³/mol. The molecular weight excluding hydrogens is 258 g/mol. The molecule has 0 radical (unpaired) electrons. The molecule has 0 amide bonds. The molecular formula is C15H23NO2S. The van der Waals surface area contributed by atoms with E-state index in [0.717, 1.165) is 25.7 Å². The van der Waals surface area contributed by atoms with E-state index in [0.29, 0.717) is 4.90 Å². The molecule has 4 heteroatoms. The number of hydrogen-bond donors (Lipinski definition) is 0. The van der Waals surface area contributed by atoms with Gasteiger partial charge in [0, 0.05) is 12.1 Å². The summed E-state index contributed by atoms with van der Waals surface area (Å²) >= 11 is 0. The van der Waals surface area contributed by atoms with Gasteiger partial charge >= 0.3 is 0 Å². The number of sulfonamides is 1. The van der Waals surface area contributed by atoms with E-state index in [1.54, 1.807) is 16.4 Å². The number of rotatable bonds is 3. The van der Waals surface area contributed by atoms with Crippen molar-refractivity contribution < 1.29 is 8.42 Å². The molecule has 2 rings (SSSR count). The molecule has 0 aromatic heterocycles. The number of nitrogens with zero attached hydrogens (tertiary/aromatic N) is 1. The number of piperidine rings is 1. The van der Waals surface area contributed by atoms with Crippen molar-refractivity contribution in [3.05, 3.63) is 29.8 Å². The van der Waals surface area contributed by atoms with Crippen LogP contribution < -0.4 is 0 Å². The van der Waals surface area contributed by atoms with Crippen LogP contribution in [0.25, 0.3) is 0 Å². The molecule has 0 bridgehead atoms. The molecule has 1 heterocycles. The minimum atomic E-state index is -3.35. The smallest absolute Gasteiger partial charge is 0.207 e. The molecule has 2 atom stereocenters. The minimum absolute atomic E-state index is 0.0969. The third-order valence-corrected chi connectivity index (χ3v) is 6.16. The fraction of sp³-hybridized carbons (Fsp3) is 0.600. The molecule has 19 heavy (non-hydrogen) atoms. The highest BCUT2D eigenvalue weighted by atomic mass is 32.2. The van der Waals surface area contributed by atoms with E-state index in [9.17, 15) is 8.42 Å². The Morgan fingerprint density at radius 2 is 1.63 bits per heavy atom. The summed E-state index contributed by atoms with van der Waals surface area (Å²) in [4.78, 5) is 0.422. The van der Waals surface area contributed by atoms with Crippen LogP contribution in [0.3, 0.4) is 0 Å². The Hall–Kier alpha value is -0.870.